The van der Waals surface area contributed by atoms with Crippen molar-refractivity contribution in [3.05, 3.63) is 29.8 Å². The third kappa shape index (κ3) is 3.85. The van der Waals surface area contributed by atoms with Crippen LogP contribution in [0.1, 0.15) is 51.0 Å². The van der Waals surface area contributed by atoms with Gasteiger partial charge in [-0.3, -0.25) is 4.79 Å². The minimum absolute atomic E-state index is 0.198. The first kappa shape index (κ1) is 16.0. The van der Waals surface area contributed by atoms with E-state index < -0.39 is 0 Å². The Morgan fingerprint density at radius 2 is 2.00 bits per heavy atom. The lowest BCUT2D eigenvalue weighted by molar-refractivity contribution is -0.129. The second kappa shape index (κ2) is 7.08. The molecule has 3 nitrogen and oxygen atoms in total. The average molecular weight is 288 g/mol. The van der Waals surface area contributed by atoms with Crippen LogP contribution >= 0.6 is 0 Å². The van der Waals surface area contributed by atoms with Crippen LogP contribution in [0.15, 0.2) is 24.3 Å². The summed E-state index contributed by atoms with van der Waals surface area (Å²) in [5.41, 5.74) is 7.66. The Morgan fingerprint density at radius 1 is 1.29 bits per heavy atom. The van der Waals surface area contributed by atoms with E-state index in [-0.39, 0.29) is 11.3 Å². The molecule has 0 bridgehead atoms. The highest BCUT2D eigenvalue weighted by Gasteiger charge is 2.37. The molecule has 0 atom stereocenters. The number of benzene rings is 1. The van der Waals surface area contributed by atoms with Crippen molar-refractivity contribution < 1.29 is 4.79 Å². The summed E-state index contributed by atoms with van der Waals surface area (Å²) < 4.78 is 0. The number of anilines is 1. The number of aryl methyl sites for hydroxylation is 1. The van der Waals surface area contributed by atoms with Gasteiger partial charge in [-0.15, -0.1) is 0 Å². The smallest absolute Gasteiger partial charge is 0.232 e. The fraction of sp³-hybridized carbons (Fsp3) is 0.611. The predicted molar refractivity (Wildman–Crippen MR) is 88.4 cm³/mol. The maximum Gasteiger partial charge on any atom is 0.232 e. The largest absolute Gasteiger partial charge is 0.330 e. The van der Waals surface area contributed by atoms with E-state index in [1.54, 1.807) is 0 Å². The fourth-order valence-electron chi connectivity index (χ4n) is 3.26. The van der Waals surface area contributed by atoms with Crippen LogP contribution in [-0.2, 0) is 4.79 Å². The van der Waals surface area contributed by atoms with Crippen LogP contribution in [0.25, 0.3) is 0 Å². The lowest BCUT2D eigenvalue weighted by Gasteiger charge is -2.37. The van der Waals surface area contributed by atoms with Gasteiger partial charge < -0.3 is 10.6 Å². The lowest BCUT2D eigenvalue weighted by Crippen LogP contribution is -2.44. The zero-order valence-corrected chi connectivity index (χ0v) is 13.4. The first-order valence-corrected chi connectivity index (χ1v) is 8.15. The second-order valence-electron chi connectivity index (χ2n) is 6.56. The number of nitrogens with two attached hydrogens (primary N) is 1. The van der Waals surface area contributed by atoms with Crippen LogP contribution in [-0.4, -0.2) is 19.0 Å². The van der Waals surface area contributed by atoms with Crippen molar-refractivity contribution in [3.8, 4) is 0 Å². The SMILES string of the molecule is Cc1cccc(N(CCCN)C(=O)C2(C)CCCCC2)c1. The third-order valence-corrected chi connectivity index (χ3v) is 4.62. The molecular weight excluding hydrogens is 260 g/mol. The molecule has 2 N–H and O–H groups in total. The van der Waals surface area contributed by atoms with E-state index >= 15 is 0 Å². The molecule has 0 unspecified atom stereocenters. The summed E-state index contributed by atoms with van der Waals surface area (Å²) in [4.78, 5) is 15.1. The molecule has 0 spiro atoms. The molecular formula is C18H28N2O. The Morgan fingerprint density at radius 3 is 2.62 bits per heavy atom. The molecule has 2 rings (SSSR count). The maximum absolute atomic E-state index is 13.1. The Kier molecular flexibility index (Phi) is 5.40. The van der Waals surface area contributed by atoms with E-state index in [1.165, 1.54) is 24.8 Å². The molecule has 0 heterocycles. The molecule has 1 aliphatic rings. The quantitative estimate of drug-likeness (QED) is 0.899. The fourth-order valence-corrected chi connectivity index (χ4v) is 3.26. The maximum atomic E-state index is 13.1. The topological polar surface area (TPSA) is 46.3 Å². The minimum Gasteiger partial charge on any atom is -0.330 e. The summed E-state index contributed by atoms with van der Waals surface area (Å²) in [7, 11) is 0. The molecule has 1 fully saturated rings. The van der Waals surface area contributed by atoms with Gasteiger partial charge in [-0.05, 0) is 50.4 Å². The van der Waals surface area contributed by atoms with Crippen molar-refractivity contribution in [1.82, 2.24) is 0 Å². The van der Waals surface area contributed by atoms with Crippen LogP contribution in [0.5, 0.6) is 0 Å². The number of hydrogen-bond donors (Lipinski definition) is 1. The van der Waals surface area contributed by atoms with Crippen molar-refractivity contribution in [3.63, 3.8) is 0 Å². The zero-order valence-electron chi connectivity index (χ0n) is 13.4. The summed E-state index contributed by atoms with van der Waals surface area (Å²) in [5.74, 6) is 0.279. The summed E-state index contributed by atoms with van der Waals surface area (Å²) in [5, 5.41) is 0. The van der Waals surface area contributed by atoms with Gasteiger partial charge in [0, 0.05) is 17.6 Å². The van der Waals surface area contributed by atoms with Crippen molar-refractivity contribution in [1.29, 1.82) is 0 Å². The Balaban J connectivity index is 2.24. The first-order valence-electron chi connectivity index (χ1n) is 8.15. The van der Waals surface area contributed by atoms with Crippen molar-refractivity contribution in [2.24, 2.45) is 11.1 Å². The number of carbonyl (C=O) groups is 1. The molecule has 116 valence electrons. The lowest BCUT2D eigenvalue weighted by atomic mass is 9.74. The summed E-state index contributed by atoms with van der Waals surface area (Å²) >= 11 is 0. The highest BCUT2D eigenvalue weighted by molar-refractivity contribution is 5.97. The third-order valence-electron chi connectivity index (χ3n) is 4.62. The normalized spacial score (nSPS) is 17.5. The Bertz CT molecular complexity index is 478. The van der Waals surface area contributed by atoms with E-state index in [2.05, 4.69) is 26.0 Å². The molecule has 1 aromatic carbocycles. The highest BCUT2D eigenvalue weighted by atomic mass is 16.2. The van der Waals surface area contributed by atoms with Crippen LogP contribution < -0.4 is 10.6 Å². The first-order chi connectivity index (χ1) is 10.1. The number of rotatable bonds is 5. The van der Waals surface area contributed by atoms with E-state index in [1.807, 2.05) is 17.0 Å². The van der Waals surface area contributed by atoms with Gasteiger partial charge in [-0.2, -0.15) is 0 Å². The van der Waals surface area contributed by atoms with E-state index in [4.69, 9.17) is 5.73 Å². The number of amides is 1. The standard InChI is InChI=1S/C18H28N2O/c1-15-8-6-9-16(14-15)20(13-7-12-19)17(21)18(2)10-4-3-5-11-18/h6,8-9,14H,3-5,7,10-13,19H2,1-2H3. The molecule has 0 aliphatic heterocycles. The number of hydrogen-bond acceptors (Lipinski definition) is 2. The number of nitrogens with zero attached hydrogens (tertiary/aromatic N) is 1. The monoisotopic (exact) mass is 288 g/mol. The van der Waals surface area contributed by atoms with Gasteiger partial charge in [0.15, 0.2) is 0 Å². The molecule has 0 saturated heterocycles. The highest BCUT2D eigenvalue weighted by Crippen LogP contribution is 2.38. The van der Waals surface area contributed by atoms with Crippen LogP contribution in [0.2, 0.25) is 0 Å². The average Bonchev–Trinajstić information content (AvgIpc) is 2.48. The molecule has 1 saturated carbocycles. The van der Waals surface area contributed by atoms with Gasteiger partial charge in [0.25, 0.3) is 0 Å². The van der Waals surface area contributed by atoms with Crippen molar-refractivity contribution in [2.45, 2.75) is 52.4 Å². The van der Waals surface area contributed by atoms with Gasteiger partial charge in [-0.1, -0.05) is 38.3 Å². The summed E-state index contributed by atoms with van der Waals surface area (Å²) in [6, 6.07) is 8.22. The summed E-state index contributed by atoms with van der Waals surface area (Å²) in [6.07, 6.45) is 6.46. The predicted octanol–water partition coefficient (Wildman–Crippen LogP) is 3.65. The van der Waals surface area contributed by atoms with Gasteiger partial charge in [0.1, 0.15) is 0 Å². The molecule has 3 heteroatoms. The summed E-state index contributed by atoms with van der Waals surface area (Å²) in [6.45, 7) is 5.54. The van der Waals surface area contributed by atoms with E-state index in [0.29, 0.717) is 13.1 Å². The van der Waals surface area contributed by atoms with Gasteiger partial charge >= 0.3 is 0 Å². The molecule has 0 aromatic heterocycles. The Labute approximate surface area is 128 Å². The molecule has 1 aliphatic carbocycles. The van der Waals surface area contributed by atoms with Gasteiger partial charge in [0.05, 0.1) is 0 Å². The van der Waals surface area contributed by atoms with Crippen LogP contribution in [0.4, 0.5) is 5.69 Å². The van der Waals surface area contributed by atoms with E-state index in [0.717, 1.165) is 24.9 Å². The molecule has 21 heavy (non-hydrogen) atoms. The number of carbonyl (C=O) groups excluding carboxylic acids is 1. The zero-order chi connectivity index (χ0) is 15.3. The van der Waals surface area contributed by atoms with Crippen LogP contribution in [0, 0.1) is 12.3 Å². The van der Waals surface area contributed by atoms with Gasteiger partial charge in [0.2, 0.25) is 5.91 Å². The Hall–Kier alpha value is -1.35. The second-order valence-corrected chi connectivity index (χ2v) is 6.56. The molecule has 0 radical (unpaired) electrons. The van der Waals surface area contributed by atoms with Crippen molar-refractivity contribution in [2.75, 3.05) is 18.0 Å². The van der Waals surface area contributed by atoms with Gasteiger partial charge in [-0.25, -0.2) is 0 Å². The molecule has 1 amide bonds. The minimum atomic E-state index is -0.198. The van der Waals surface area contributed by atoms with E-state index in [9.17, 15) is 4.79 Å². The van der Waals surface area contributed by atoms with Crippen LogP contribution in [0.3, 0.4) is 0 Å². The molecule has 1 aromatic rings. The van der Waals surface area contributed by atoms with Crippen molar-refractivity contribution >= 4 is 11.6 Å².